The van der Waals surface area contributed by atoms with Crippen molar-refractivity contribution in [2.45, 2.75) is 39.3 Å². The smallest absolute Gasteiger partial charge is 0.260 e. The minimum Gasteiger partial charge on any atom is -0.372 e. The maximum absolute atomic E-state index is 13.2. The maximum atomic E-state index is 13.2. The zero-order chi connectivity index (χ0) is 20.0. The number of carbonyl (C=O) groups excluding carboxylic acids is 1. The summed E-state index contributed by atoms with van der Waals surface area (Å²) in [5.74, 6) is 1.52. The summed E-state index contributed by atoms with van der Waals surface area (Å²) in [5, 5.41) is 0. The number of carbonyl (C=O) groups is 1. The van der Waals surface area contributed by atoms with Crippen LogP contribution in [0.4, 0.5) is 11.5 Å². The zero-order valence-electron chi connectivity index (χ0n) is 16.9. The Kier molecular flexibility index (Phi) is 4.34. The lowest BCUT2D eigenvalue weighted by Crippen LogP contribution is -2.24. The van der Waals surface area contributed by atoms with Crippen molar-refractivity contribution in [3.8, 4) is 11.5 Å². The highest BCUT2D eigenvalue weighted by molar-refractivity contribution is 6.10. The molecule has 6 nitrogen and oxygen atoms in total. The molecule has 0 spiro atoms. The minimum atomic E-state index is 0.0258. The van der Waals surface area contributed by atoms with Crippen molar-refractivity contribution >= 4 is 17.4 Å². The molecule has 0 atom stereocenters. The number of imidazole rings is 1. The van der Waals surface area contributed by atoms with Gasteiger partial charge in [0.15, 0.2) is 5.82 Å². The maximum Gasteiger partial charge on any atom is 0.260 e. The molecule has 0 N–H and O–H groups in total. The van der Waals surface area contributed by atoms with Crippen LogP contribution in [-0.4, -0.2) is 33.5 Å². The quantitative estimate of drug-likeness (QED) is 0.670. The second-order valence-corrected chi connectivity index (χ2v) is 8.06. The molecule has 5 rings (SSSR count). The van der Waals surface area contributed by atoms with Crippen LogP contribution in [0.1, 0.15) is 48.7 Å². The first-order chi connectivity index (χ1) is 14.1. The second-order valence-electron chi connectivity index (χ2n) is 8.06. The third kappa shape index (κ3) is 3.09. The van der Waals surface area contributed by atoms with Gasteiger partial charge in [0.2, 0.25) is 0 Å². The number of rotatable bonds is 4. The molecule has 0 aliphatic carbocycles. The molecule has 148 valence electrons. The highest BCUT2D eigenvalue weighted by Gasteiger charge is 2.30. The van der Waals surface area contributed by atoms with Gasteiger partial charge in [-0.1, -0.05) is 12.1 Å². The van der Waals surface area contributed by atoms with Crippen molar-refractivity contribution in [3.05, 3.63) is 59.9 Å². The average molecular weight is 387 g/mol. The summed E-state index contributed by atoms with van der Waals surface area (Å²) in [6, 6.07) is 12.4. The average Bonchev–Trinajstić information content (AvgIpc) is 3.48. The lowest BCUT2D eigenvalue weighted by atomic mass is 10.1. The Bertz CT molecular complexity index is 1060. The molecule has 3 aromatic rings. The van der Waals surface area contributed by atoms with E-state index in [4.69, 9.17) is 4.98 Å². The lowest BCUT2D eigenvalue weighted by molar-refractivity contribution is 0.0996. The largest absolute Gasteiger partial charge is 0.372 e. The van der Waals surface area contributed by atoms with Crippen molar-refractivity contribution in [2.24, 2.45) is 0 Å². The molecule has 1 saturated heterocycles. The van der Waals surface area contributed by atoms with E-state index in [1.54, 1.807) is 11.1 Å². The minimum absolute atomic E-state index is 0.0258. The highest BCUT2D eigenvalue weighted by atomic mass is 16.2. The van der Waals surface area contributed by atoms with Crippen LogP contribution in [0, 0.1) is 0 Å². The van der Waals surface area contributed by atoms with E-state index >= 15 is 0 Å². The van der Waals surface area contributed by atoms with E-state index in [0.717, 1.165) is 41.4 Å². The topological polar surface area (TPSA) is 54.3 Å². The molecule has 0 saturated carbocycles. The van der Waals surface area contributed by atoms with E-state index in [-0.39, 0.29) is 5.91 Å². The van der Waals surface area contributed by atoms with E-state index in [2.05, 4.69) is 46.5 Å². The van der Waals surface area contributed by atoms with Crippen LogP contribution >= 0.6 is 0 Å². The summed E-state index contributed by atoms with van der Waals surface area (Å²) >= 11 is 0. The van der Waals surface area contributed by atoms with E-state index in [9.17, 15) is 4.79 Å². The number of aromatic nitrogens is 3. The molecular weight excluding hydrogens is 362 g/mol. The molecule has 0 bridgehead atoms. The number of hydrogen-bond donors (Lipinski definition) is 0. The first kappa shape index (κ1) is 17.9. The van der Waals surface area contributed by atoms with Crippen molar-refractivity contribution in [3.63, 3.8) is 0 Å². The zero-order valence-corrected chi connectivity index (χ0v) is 16.9. The third-order valence-electron chi connectivity index (χ3n) is 5.83. The van der Waals surface area contributed by atoms with Crippen LogP contribution in [0.3, 0.4) is 0 Å². The summed E-state index contributed by atoms with van der Waals surface area (Å²) in [5.41, 5.74) is 3.79. The van der Waals surface area contributed by atoms with Crippen molar-refractivity contribution in [1.29, 1.82) is 0 Å². The number of fused-ring (bicyclic) bond motifs is 1. The van der Waals surface area contributed by atoms with E-state index in [1.807, 2.05) is 24.4 Å². The van der Waals surface area contributed by atoms with Gasteiger partial charge in [-0.15, -0.1) is 0 Å². The monoisotopic (exact) mass is 387 g/mol. The molecule has 1 aromatic carbocycles. The van der Waals surface area contributed by atoms with Gasteiger partial charge in [0.25, 0.3) is 5.91 Å². The molecule has 1 fully saturated rings. The fourth-order valence-corrected chi connectivity index (χ4v) is 4.27. The molecule has 2 aliphatic rings. The van der Waals surface area contributed by atoms with Crippen molar-refractivity contribution in [2.75, 3.05) is 22.9 Å². The van der Waals surface area contributed by atoms with Gasteiger partial charge in [-0.3, -0.25) is 9.69 Å². The summed E-state index contributed by atoms with van der Waals surface area (Å²) in [6.07, 6.45) is 6.20. The predicted octanol–water partition coefficient (Wildman–Crippen LogP) is 4.29. The first-order valence-corrected chi connectivity index (χ1v) is 10.3. The Morgan fingerprint density at radius 3 is 2.69 bits per heavy atom. The number of benzene rings is 1. The van der Waals surface area contributed by atoms with Gasteiger partial charge < -0.3 is 9.47 Å². The van der Waals surface area contributed by atoms with Crippen LogP contribution < -0.4 is 9.80 Å². The Hall–Kier alpha value is -3.15. The van der Waals surface area contributed by atoms with E-state index in [0.29, 0.717) is 18.4 Å². The van der Waals surface area contributed by atoms with Crippen LogP contribution in [0.2, 0.25) is 0 Å². The van der Waals surface area contributed by atoms with Gasteiger partial charge in [0.1, 0.15) is 11.5 Å². The summed E-state index contributed by atoms with van der Waals surface area (Å²) in [4.78, 5) is 26.6. The fourth-order valence-electron chi connectivity index (χ4n) is 4.27. The Morgan fingerprint density at radius 2 is 1.90 bits per heavy atom. The number of pyridine rings is 1. The summed E-state index contributed by atoms with van der Waals surface area (Å²) < 4.78 is 2.09. The lowest BCUT2D eigenvalue weighted by Gasteiger charge is -2.18. The SMILES string of the molecule is CC(C)n1ccnc1-c1cccc(N2Cc3ccc(N4CCCC4)cc3C2=O)n1. The Labute approximate surface area is 170 Å². The van der Waals surface area contributed by atoms with E-state index in [1.165, 1.54) is 12.8 Å². The number of hydrogen-bond acceptors (Lipinski definition) is 4. The van der Waals surface area contributed by atoms with Gasteiger partial charge in [-0.2, -0.15) is 0 Å². The normalized spacial score (nSPS) is 16.2. The first-order valence-electron chi connectivity index (χ1n) is 10.3. The molecule has 4 heterocycles. The molecule has 0 unspecified atom stereocenters. The molecule has 1 amide bonds. The molecule has 2 aromatic heterocycles. The standard InChI is InChI=1S/C23H25N5O/c1-16(2)27-13-10-24-22(27)20-6-5-7-21(25-20)28-15-17-8-9-18(14-19(17)23(28)29)26-11-3-4-12-26/h5-10,13-14,16H,3-4,11-12,15H2,1-2H3. The summed E-state index contributed by atoms with van der Waals surface area (Å²) in [7, 11) is 0. The third-order valence-corrected chi connectivity index (χ3v) is 5.83. The molecule has 29 heavy (non-hydrogen) atoms. The molecule has 2 aliphatic heterocycles. The van der Waals surface area contributed by atoms with Crippen LogP contribution in [0.25, 0.3) is 11.5 Å². The summed E-state index contributed by atoms with van der Waals surface area (Å²) in [6.45, 7) is 6.94. The highest BCUT2D eigenvalue weighted by Crippen LogP contribution is 2.32. The van der Waals surface area contributed by atoms with E-state index < -0.39 is 0 Å². The van der Waals surface area contributed by atoms with Crippen LogP contribution in [-0.2, 0) is 6.54 Å². The van der Waals surface area contributed by atoms with Gasteiger partial charge in [0.05, 0.1) is 6.54 Å². The van der Waals surface area contributed by atoms with Gasteiger partial charge >= 0.3 is 0 Å². The predicted molar refractivity (Wildman–Crippen MR) is 114 cm³/mol. The Balaban J connectivity index is 1.46. The van der Waals surface area contributed by atoms with Gasteiger partial charge in [0, 0.05) is 42.8 Å². The second kappa shape index (κ2) is 7.03. The van der Waals surface area contributed by atoms with Crippen molar-refractivity contribution in [1.82, 2.24) is 14.5 Å². The number of amides is 1. The van der Waals surface area contributed by atoms with Gasteiger partial charge in [-0.05, 0) is 56.5 Å². The van der Waals surface area contributed by atoms with Crippen LogP contribution in [0.15, 0.2) is 48.8 Å². The fraction of sp³-hybridized carbons (Fsp3) is 0.348. The van der Waals surface area contributed by atoms with Gasteiger partial charge in [-0.25, -0.2) is 9.97 Å². The molecular formula is C23H25N5O. The molecule has 6 heteroatoms. The number of nitrogens with zero attached hydrogens (tertiary/aromatic N) is 5. The Morgan fingerprint density at radius 1 is 1.07 bits per heavy atom. The van der Waals surface area contributed by atoms with Crippen molar-refractivity contribution < 1.29 is 4.79 Å². The number of anilines is 2. The van der Waals surface area contributed by atoms with Crippen LogP contribution in [0.5, 0.6) is 0 Å². The molecule has 0 radical (unpaired) electrons.